The predicted octanol–water partition coefficient (Wildman–Crippen LogP) is 2.79. The average Bonchev–Trinajstić information content (AvgIpc) is 3.04. The summed E-state index contributed by atoms with van der Waals surface area (Å²) in [6, 6.07) is 13.7. The molecule has 0 bridgehead atoms. The maximum absolute atomic E-state index is 12.9. The van der Waals surface area contributed by atoms with Crippen molar-refractivity contribution in [1.82, 2.24) is 9.47 Å². The molecule has 2 N–H and O–H groups in total. The van der Waals surface area contributed by atoms with Crippen LogP contribution in [0.3, 0.4) is 0 Å². The molecular weight excluding hydrogens is 382 g/mol. The maximum Gasteiger partial charge on any atom is 0.356 e. The smallest absolute Gasteiger partial charge is 0.300 e. The number of nitrogen functional groups attached to an aromatic ring is 1. The van der Waals surface area contributed by atoms with Gasteiger partial charge in [-0.25, -0.2) is 9.13 Å². The first-order valence-electron chi connectivity index (χ1n) is 10.3. The highest BCUT2D eigenvalue weighted by atomic mass is 16.6. The van der Waals surface area contributed by atoms with Crippen molar-refractivity contribution in [3.63, 3.8) is 0 Å². The van der Waals surface area contributed by atoms with E-state index in [1.54, 1.807) is 10.6 Å². The van der Waals surface area contributed by atoms with Crippen molar-refractivity contribution in [2.45, 2.75) is 32.4 Å². The zero-order valence-corrected chi connectivity index (χ0v) is 16.9. The van der Waals surface area contributed by atoms with E-state index in [1.165, 1.54) is 37.5 Å². The van der Waals surface area contributed by atoms with Gasteiger partial charge in [-0.2, -0.15) is 0 Å². The SMILES string of the molecule is Nc1n(CCN2CCCCC2)c2ccccc2[n+]1CC(=O)c1cccc([N+](=O)[O-])c1. The van der Waals surface area contributed by atoms with Crippen LogP contribution in [0.15, 0.2) is 48.5 Å². The number of anilines is 1. The van der Waals surface area contributed by atoms with Crippen LogP contribution in [-0.4, -0.2) is 39.8 Å². The Morgan fingerprint density at radius 3 is 2.60 bits per heavy atom. The number of likely N-dealkylation sites (tertiary alicyclic amines) is 1. The zero-order chi connectivity index (χ0) is 21.1. The van der Waals surface area contributed by atoms with Gasteiger partial charge in [0.1, 0.15) is 17.6 Å². The van der Waals surface area contributed by atoms with E-state index in [2.05, 4.69) is 9.47 Å². The monoisotopic (exact) mass is 408 g/mol. The van der Waals surface area contributed by atoms with Gasteiger partial charge in [0.2, 0.25) is 0 Å². The Bertz CT molecular complexity index is 1090. The Morgan fingerprint density at radius 2 is 1.83 bits per heavy atom. The highest BCUT2D eigenvalue weighted by molar-refractivity contribution is 5.96. The van der Waals surface area contributed by atoms with E-state index >= 15 is 0 Å². The van der Waals surface area contributed by atoms with Crippen LogP contribution in [0.25, 0.3) is 11.0 Å². The number of nitrogens with zero attached hydrogens (tertiary/aromatic N) is 4. The molecule has 1 saturated heterocycles. The molecule has 2 heterocycles. The van der Waals surface area contributed by atoms with Crippen LogP contribution < -0.4 is 10.3 Å². The Kier molecular flexibility index (Phi) is 5.76. The number of carbonyl (C=O) groups is 1. The van der Waals surface area contributed by atoms with Crippen molar-refractivity contribution in [2.24, 2.45) is 0 Å². The number of rotatable bonds is 7. The lowest BCUT2D eigenvalue weighted by Crippen LogP contribution is -2.41. The summed E-state index contributed by atoms with van der Waals surface area (Å²) in [6.45, 7) is 3.94. The second-order valence-electron chi connectivity index (χ2n) is 7.72. The van der Waals surface area contributed by atoms with Gasteiger partial charge >= 0.3 is 5.95 Å². The first-order chi connectivity index (χ1) is 14.5. The molecule has 0 amide bonds. The van der Waals surface area contributed by atoms with Gasteiger partial charge in [-0.05, 0) is 38.1 Å². The summed E-state index contributed by atoms with van der Waals surface area (Å²) < 4.78 is 3.86. The molecule has 0 atom stereocenters. The second-order valence-corrected chi connectivity index (χ2v) is 7.72. The average molecular weight is 408 g/mol. The van der Waals surface area contributed by atoms with Crippen molar-refractivity contribution in [1.29, 1.82) is 0 Å². The molecule has 156 valence electrons. The lowest BCUT2D eigenvalue weighted by molar-refractivity contribution is -0.642. The minimum absolute atomic E-state index is 0.0320. The lowest BCUT2D eigenvalue weighted by atomic mass is 10.1. The molecule has 1 aliphatic rings. The van der Waals surface area contributed by atoms with Gasteiger partial charge in [0.15, 0.2) is 5.78 Å². The van der Waals surface area contributed by atoms with E-state index in [0.717, 1.165) is 37.2 Å². The van der Waals surface area contributed by atoms with E-state index in [1.807, 2.05) is 24.3 Å². The summed E-state index contributed by atoms with van der Waals surface area (Å²) in [5.41, 5.74) is 8.56. The topological polar surface area (TPSA) is 98.3 Å². The number of para-hydroxylation sites is 2. The van der Waals surface area contributed by atoms with Crippen LogP contribution >= 0.6 is 0 Å². The Morgan fingerprint density at radius 1 is 1.07 bits per heavy atom. The molecule has 30 heavy (non-hydrogen) atoms. The summed E-state index contributed by atoms with van der Waals surface area (Å²) in [6.07, 6.45) is 3.77. The number of carbonyl (C=O) groups excluding carboxylic acids is 1. The Hall–Kier alpha value is -3.26. The van der Waals surface area contributed by atoms with Gasteiger partial charge in [-0.15, -0.1) is 0 Å². The van der Waals surface area contributed by atoms with Crippen molar-refractivity contribution in [3.8, 4) is 0 Å². The van der Waals surface area contributed by atoms with E-state index < -0.39 is 4.92 Å². The first kappa shape index (κ1) is 20.0. The molecule has 1 fully saturated rings. The van der Waals surface area contributed by atoms with Crippen molar-refractivity contribution < 1.29 is 14.3 Å². The number of aromatic nitrogens is 2. The molecule has 2 aromatic carbocycles. The number of fused-ring (bicyclic) bond motifs is 1. The maximum atomic E-state index is 12.9. The van der Waals surface area contributed by atoms with E-state index in [0.29, 0.717) is 11.5 Å². The quantitative estimate of drug-likeness (QED) is 0.281. The minimum Gasteiger partial charge on any atom is -0.300 e. The van der Waals surface area contributed by atoms with Gasteiger partial charge in [0.25, 0.3) is 5.69 Å². The van der Waals surface area contributed by atoms with Crippen LogP contribution in [0.4, 0.5) is 11.6 Å². The number of hydrogen-bond donors (Lipinski definition) is 1. The molecule has 0 unspecified atom stereocenters. The summed E-state index contributed by atoms with van der Waals surface area (Å²) in [7, 11) is 0. The van der Waals surface area contributed by atoms with Crippen molar-refractivity contribution >= 4 is 28.5 Å². The molecule has 8 heteroatoms. The third-order valence-corrected chi connectivity index (χ3v) is 5.79. The Balaban J connectivity index is 1.61. The lowest BCUT2D eigenvalue weighted by Gasteiger charge is -2.25. The van der Waals surface area contributed by atoms with E-state index in [-0.39, 0.29) is 18.0 Å². The molecule has 0 radical (unpaired) electrons. The summed E-state index contributed by atoms with van der Waals surface area (Å²) in [5.74, 6) is 0.307. The van der Waals surface area contributed by atoms with Crippen LogP contribution in [0.2, 0.25) is 0 Å². The Labute approximate surface area is 174 Å². The third kappa shape index (κ3) is 4.04. The molecule has 0 spiro atoms. The number of piperidine rings is 1. The number of nitro groups is 1. The summed E-state index contributed by atoms with van der Waals surface area (Å²) in [5, 5.41) is 11.0. The fourth-order valence-electron chi connectivity index (χ4n) is 4.17. The number of ketones is 1. The molecule has 8 nitrogen and oxygen atoms in total. The van der Waals surface area contributed by atoms with Crippen LogP contribution in [0, 0.1) is 10.1 Å². The molecule has 0 aliphatic carbocycles. The van der Waals surface area contributed by atoms with Gasteiger partial charge in [-0.3, -0.25) is 20.6 Å². The number of nitrogens with two attached hydrogens (primary N) is 1. The number of imidazole rings is 1. The molecule has 0 saturated carbocycles. The van der Waals surface area contributed by atoms with Crippen molar-refractivity contribution in [3.05, 3.63) is 64.2 Å². The van der Waals surface area contributed by atoms with Crippen LogP contribution in [0.5, 0.6) is 0 Å². The van der Waals surface area contributed by atoms with Gasteiger partial charge in [0.05, 0.1) is 11.5 Å². The van der Waals surface area contributed by atoms with Crippen LogP contribution in [-0.2, 0) is 13.1 Å². The third-order valence-electron chi connectivity index (χ3n) is 5.79. The number of Topliss-reactive ketones (excluding diaryl/α,β-unsaturated/α-hetero) is 1. The predicted molar refractivity (Wildman–Crippen MR) is 114 cm³/mol. The van der Waals surface area contributed by atoms with Crippen molar-refractivity contribution in [2.75, 3.05) is 25.4 Å². The van der Waals surface area contributed by atoms with Gasteiger partial charge < -0.3 is 4.90 Å². The standard InChI is InChI=1S/C22H25N5O3/c23-22-25(14-13-24-11-4-1-5-12-24)19-9-2-3-10-20(19)26(22)16-21(28)17-7-6-8-18(15-17)27(29)30/h2-3,6-10,15,23H,1,4-5,11-14,16H2/p+1. The normalized spacial score (nSPS) is 14.8. The number of benzene rings is 2. The highest BCUT2D eigenvalue weighted by Crippen LogP contribution is 2.18. The number of hydrogen-bond acceptors (Lipinski definition) is 5. The van der Waals surface area contributed by atoms with Crippen LogP contribution in [0.1, 0.15) is 29.6 Å². The fourth-order valence-corrected chi connectivity index (χ4v) is 4.17. The number of non-ortho nitro benzene ring substituents is 1. The molecule has 3 aromatic rings. The molecule has 4 rings (SSSR count). The summed E-state index contributed by atoms with van der Waals surface area (Å²) in [4.78, 5) is 25.9. The van der Waals surface area contributed by atoms with Gasteiger partial charge in [-0.1, -0.05) is 30.7 Å². The van der Waals surface area contributed by atoms with Gasteiger partial charge in [0, 0.05) is 24.2 Å². The second kappa shape index (κ2) is 8.62. The van der Waals surface area contributed by atoms with E-state index in [4.69, 9.17) is 5.73 Å². The zero-order valence-electron chi connectivity index (χ0n) is 16.9. The largest absolute Gasteiger partial charge is 0.356 e. The molecule has 1 aliphatic heterocycles. The molecule has 1 aromatic heterocycles. The van der Waals surface area contributed by atoms with E-state index in [9.17, 15) is 14.9 Å². The highest BCUT2D eigenvalue weighted by Gasteiger charge is 2.24. The molecular formula is C22H26N5O3+. The fraction of sp³-hybridized carbons (Fsp3) is 0.364. The first-order valence-corrected chi connectivity index (χ1v) is 10.3. The minimum atomic E-state index is -0.495. The number of nitro benzene ring substituents is 1. The summed E-state index contributed by atoms with van der Waals surface area (Å²) >= 11 is 0.